The first-order chi connectivity index (χ1) is 17.0. The molecule has 0 radical (unpaired) electrons. The first kappa shape index (κ1) is 21.1. The minimum atomic E-state index is -0.595. The van der Waals surface area contributed by atoms with Gasteiger partial charge in [0, 0.05) is 35.0 Å². The lowest BCUT2D eigenvalue weighted by molar-refractivity contribution is 0.0347. The standard InChI is InChI=1S/C27H24FN3O3S/c28-18-6-3-4-16-15-35-20-7-2-1-5-17(20)23(22(16)18)31-21-14-27(9-10-27)11-13-29(21)26(34)24-25(33)19(32)8-12-30(24)31/h1-8,12,21,23,33H,9-11,13-15H2/t21-,23-/m1/s1. The number of carbonyl (C=O) groups is 1. The van der Waals surface area contributed by atoms with Gasteiger partial charge in [0.1, 0.15) is 18.0 Å². The molecule has 1 saturated heterocycles. The third-order valence-corrected chi connectivity index (χ3v) is 9.30. The molecule has 178 valence electrons. The predicted molar refractivity (Wildman–Crippen MR) is 131 cm³/mol. The van der Waals surface area contributed by atoms with Crippen LogP contribution in [0, 0.1) is 11.2 Å². The van der Waals surface area contributed by atoms with Crippen LogP contribution in [-0.2, 0) is 5.75 Å². The number of aromatic hydroxyl groups is 1. The molecule has 1 spiro atoms. The van der Waals surface area contributed by atoms with Crippen LogP contribution in [0.1, 0.15) is 58.9 Å². The van der Waals surface area contributed by atoms with Gasteiger partial charge < -0.3 is 10.0 Å². The molecule has 2 atom stereocenters. The van der Waals surface area contributed by atoms with Crippen LogP contribution in [0.3, 0.4) is 0 Å². The summed E-state index contributed by atoms with van der Waals surface area (Å²) in [5, 5.41) is 12.8. The summed E-state index contributed by atoms with van der Waals surface area (Å²) in [4.78, 5) is 28.8. The number of thioether (sulfide) groups is 1. The number of pyridine rings is 1. The SMILES string of the molecule is O=C1c2c(O)c(=O)ccn2N([C@@H]2c3ccccc3SCc3cccc(F)c32)[C@@H]2CC3(CCN12)CC3. The predicted octanol–water partition coefficient (Wildman–Crippen LogP) is 4.38. The Kier molecular flexibility index (Phi) is 4.43. The second kappa shape index (κ2) is 7.37. The topological polar surface area (TPSA) is 65.8 Å². The molecule has 35 heavy (non-hydrogen) atoms. The van der Waals surface area contributed by atoms with Gasteiger partial charge in [0.2, 0.25) is 5.43 Å². The fourth-order valence-corrected chi connectivity index (χ4v) is 7.22. The molecular formula is C27H24FN3O3S. The lowest BCUT2D eigenvalue weighted by atomic mass is 9.87. The molecule has 1 N–H and O–H groups in total. The van der Waals surface area contributed by atoms with Gasteiger partial charge in [0.05, 0.1) is 0 Å². The number of rotatable bonds is 1. The number of aromatic nitrogens is 1. The van der Waals surface area contributed by atoms with Gasteiger partial charge in [0.25, 0.3) is 5.91 Å². The highest BCUT2D eigenvalue weighted by molar-refractivity contribution is 7.98. The van der Waals surface area contributed by atoms with E-state index in [0.29, 0.717) is 17.9 Å². The van der Waals surface area contributed by atoms with Crippen molar-refractivity contribution in [3.05, 3.63) is 93.2 Å². The number of amides is 1. The van der Waals surface area contributed by atoms with Crippen LogP contribution in [0.15, 0.2) is 64.4 Å². The summed E-state index contributed by atoms with van der Waals surface area (Å²) >= 11 is 1.68. The van der Waals surface area contributed by atoms with E-state index in [4.69, 9.17) is 0 Å². The van der Waals surface area contributed by atoms with Gasteiger partial charge in [-0.3, -0.25) is 19.3 Å². The van der Waals surface area contributed by atoms with Crippen LogP contribution < -0.4 is 10.4 Å². The van der Waals surface area contributed by atoms with E-state index in [9.17, 15) is 14.7 Å². The number of hydrogen-bond acceptors (Lipinski definition) is 5. The average Bonchev–Trinajstić information content (AvgIpc) is 3.63. The molecule has 2 fully saturated rings. The first-order valence-corrected chi connectivity index (χ1v) is 13.0. The van der Waals surface area contributed by atoms with Gasteiger partial charge in [-0.25, -0.2) is 4.39 Å². The molecule has 8 heteroatoms. The van der Waals surface area contributed by atoms with E-state index in [0.717, 1.165) is 41.7 Å². The molecular weight excluding hydrogens is 465 g/mol. The molecule has 3 aliphatic heterocycles. The number of halogens is 1. The molecule has 1 amide bonds. The van der Waals surface area contributed by atoms with Crippen LogP contribution in [0.25, 0.3) is 0 Å². The minimum Gasteiger partial charge on any atom is -0.502 e. The smallest absolute Gasteiger partial charge is 0.278 e. The number of hydrogen-bond donors (Lipinski definition) is 1. The van der Waals surface area contributed by atoms with Crippen LogP contribution in [0.4, 0.5) is 4.39 Å². The largest absolute Gasteiger partial charge is 0.502 e. The zero-order chi connectivity index (χ0) is 23.9. The van der Waals surface area contributed by atoms with E-state index in [1.165, 1.54) is 12.1 Å². The highest BCUT2D eigenvalue weighted by Gasteiger charge is 2.54. The van der Waals surface area contributed by atoms with E-state index >= 15 is 4.39 Å². The third-order valence-electron chi connectivity index (χ3n) is 8.16. The lowest BCUT2D eigenvalue weighted by Gasteiger charge is -2.53. The van der Waals surface area contributed by atoms with Crippen molar-refractivity contribution in [2.24, 2.45) is 5.41 Å². The number of benzene rings is 2. The fourth-order valence-electron chi connectivity index (χ4n) is 6.13. The normalized spacial score (nSPS) is 23.7. The number of nitrogens with zero attached hydrogens (tertiary/aromatic N) is 3. The first-order valence-electron chi connectivity index (χ1n) is 12.0. The summed E-state index contributed by atoms with van der Waals surface area (Å²) in [6.07, 6.45) is 5.18. The Morgan fingerprint density at radius 1 is 1.03 bits per heavy atom. The van der Waals surface area contributed by atoms with Gasteiger partial charge >= 0.3 is 0 Å². The molecule has 7 rings (SSSR count). The summed E-state index contributed by atoms with van der Waals surface area (Å²) in [7, 11) is 0. The molecule has 0 unspecified atom stereocenters. The monoisotopic (exact) mass is 489 g/mol. The van der Waals surface area contributed by atoms with E-state index in [-0.39, 0.29) is 29.0 Å². The molecule has 2 aromatic carbocycles. The zero-order valence-electron chi connectivity index (χ0n) is 19.0. The summed E-state index contributed by atoms with van der Waals surface area (Å²) in [5.74, 6) is -0.565. The Balaban J connectivity index is 1.53. The van der Waals surface area contributed by atoms with Crippen LogP contribution >= 0.6 is 11.8 Å². The van der Waals surface area contributed by atoms with Gasteiger partial charge in [0.15, 0.2) is 11.4 Å². The van der Waals surface area contributed by atoms with Gasteiger partial charge in [-0.15, -0.1) is 11.8 Å². The Labute approximate surface area is 205 Å². The van der Waals surface area contributed by atoms with Crippen molar-refractivity contribution in [2.45, 2.75) is 48.5 Å². The van der Waals surface area contributed by atoms with E-state index in [2.05, 4.69) is 6.07 Å². The van der Waals surface area contributed by atoms with Crippen LogP contribution in [-0.4, -0.2) is 33.3 Å². The van der Waals surface area contributed by atoms with E-state index in [1.807, 2.05) is 29.3 Å². The third kappa shape index (κ3) is 3.02. The maximum absolute atomic E-state index is 15.7. The summed E-state index contributed by atoms with van der Waals surface area (Å²) in [5.41, 5.74) is 2.00. The van der Waals surface area contributed by atoms with Crippen molar-refractivity contribution in [1.29, 1.82) is 0 Å². The van der Waals surface area contributed by atoms with Crippen LogP contribution in [0.5, 0.6) is 5.75 Å². The summed E-state index contributed by atoms with van der Waals surface area (Å²) in [6, 6.07) is 14.0. The van der Waals surface area contributed by atoms with E-state index < -0.39 is 17.2 Å². The van der Waals surface area contributed by atoms with Crippen molar-refractivity contribution < 1.29 is 14.3 Å². The Bertz CT molecular complexity index is 1450. The average molecular weight is 490 g/mol. The molecule has 6 nitrogen and oxygen atoms in total. The summed E-state index contributed by atoms with van der Waals surface area (Å²) in [6.45, 7) is 0.551. The maximum Gasteiger partial charge on any atom is 0.278 e. The van der Waals surface area contributed by atoms with Gasteiger partial charge in [-0.1, -0.05) is 30.3 Å². The van der Waals surface area contributed by atoms with Gasteiger partial charge in [-0.2, -0.15) is 0 Å². The number of carbonyl (C=O) groups excluding carboxylic acids is 1. The summed E-state index contributed by atoms with van der Waals surface area (Å²) < 4.78 is 17.3. The van der Waals surface area contributed by atoms with Crippen LogP contribution in [0.2, 0.25) is 0 Å². The van der Waals surface area contributed by atoms with E-state index in [1.54, 1.807) is 33.6 Å². The van der Waals surface area contributed by atoms with Crippen molar-refractivity contribution in [3.8, 4) is 5.75 Å². The van der Waals surface area contributed by atoms with Crippen molar-refractivity contribution in [2.75, 3.05) is 11.6 Å². The number of piperidine rings is 1. The quantitative estimate of drug-likeness (QED) is 0.550. The second-order valence-corrected chi connectivity index (χ2v) is 11.1. The second-order valence-electron chi connectivity index (χ2n) is 10.1. The van der Waals surface area contributed by atoms with Crippen molar-refractivity contribution in [3.63, 3.8) is 0 Å². The zero-order valence-corrected chi connectivity index (χ0v) is 19.8. The molecule has 4 heterocycles. The molecule has 1 aliphatic carbocycles. The highest BCUT2D eigenvalue weighted by atomic mass is 32.2. The molecule has 1 saturated carbocycles. The number of fused-ring (bicyclic) bond motifs is 4. The van der Waals surface area contributed by atoms with Crippen molar-refractivity contribution in [1.82, 2.24) is 9.58 Å². The molecule has 3 aromatic rings. The molecule has 1 aromatic heterocycles. The fraction of sp³-hybridized carbons (Fsp3) is 0.333. The maximum atomic E-state index is 15.7. The Morgan fingerprint density at radius 2 is 1.86 bits per heavy atom. The van der Waals surface area contributed by atoms with Crippen molar-refractivity contribution >= 4 is 17.7 Å². The highest BCUT2D eigenvalue weighted by Crippen LogP contribution is 2.57. The minimum absolute atomic E-state index is 0.0484. The lowest BCUT2D eigenvalue weighted by Crippen LogP contribution is -2.65. The van der Waals surface area contributed by atoms with Gasteiger partial charge in [-0.05, 0) is 54.4 Å². The molecule has 4 aliphatic rings. The Morgan fingerprint density at radius 3 is 2.69 bits per heavy atom. The Hall–Kier alpha value is -3.26. The molecule has 0 bridgehead atoms.